The first-order valence-electron chi connectivity index (χ1n) is 9.04. The fourth-order valence-corrected chi connectivity index (χ4v) is 4.03. The van der Waals surface area contributed by atoms with Crippen LogP contribution in [0, 0.1) is 12.8 Å². The number of hydrogen-bond donors (Lipinski definition) is 1. The third-order valence-corrected chi connectivity index (χ3v) is 5.65. The van der Waals surface area contributed by atoms with Crippen LogP contribution in [-0.2, 0) is 11.3 Å². The lowest BCUT2D eigenvalue weighted by atomic mass is 9.73. The van der Waals surface area contributed by atoms with E-state index in [0.29, 0.717) is 12.2 Å². The number of benzene rings is 1. The van der Waals surface area contributed by atoms with E-state index in [2.05, 4.69) is 15.5 Å². The molecule has 2 atom stereocenters. The number of hydrogen-bond acceptors (Lipinski definition) is 5. The van der Waals surface area contributed by atoms with E-state index in [-0.39, 0.29) is 30.3 Å². The lowest BCUT2D eigenvalue weighted by molar-refractivity contribution is -0.134. The molecule has 7 nitrogen and oxygen atoms in total. The summed E-state index contributed by atoms with van der Waals surface area (Å²) < 4.78 is 5.30. The van der Waals surface area contributed by atoms with Crippen LogP contribution in [0.5, 0.6) is 0 Å². The molecule has 1 spiro atoms. The van der Waals surface area contributed by atoms with Crippen molar-refractivity contribution >= 4 is 11.9 Å². The standard InChI is InChI=1S/C19H22N4O3/c1-12-7-3-4-9-14(12)16-20-15(26-22-16)11-23-17(24)19(21-18(23)25)10-6-5-8-13(19)2/h3-4,7,9,13H,5-6,8,10-11H2,1-2H3,(H,21,25)/t13-,19+/m1/s1. The zero-order chi connectivity index (χ0) is 18.3. The Morgan fingerprint density at radius 2 is 2.12 bits per heavy atom. The Kier molecular flexibility index (Phi) is 4.01. The van der Waals surface area contributed by atoms with Crippen molar-refractivity contribution in [3.8, 4) is 11.4 Å². The Balaban J connectivity index is 1.56. The van der Waals surface area contributed by atoms with E-state index >= 15 is 0 Å². The largest absolute Gasteiger partial charge is 0.337 e. The summed E-state index contributed by atoms with van der Waals surface area (Å²) >= 11 is 0. The fourth-order valence-electron chi connectivity index (χ4n) is 4.03. The van der Waals surface area contributed by atoms with Gasteiger partial charge in [0.15, 0.2) is 0 Å². The first kappa shape index (κ1) is 16.8. The summed E-state index contributed by atoms with van der Waals surface area (Å²) in [5.74, 6) is 0.673. The molecule has 1 saturated carbocycles. The number of aromatic nitrogens is 2. The summed E-state index contributed by atoms with van der Waals surface area (Å²) in [4.78, 5) is 31.0. The Hall–Kier alpha value is -2.70. The molecule has 4 rings (SSSR count). The van der Waals surface area contributed by atoms with Crippen LogP contribution in [0.3, 0.4) is 0 Å². The minimum atomic E-state index is -0.770. The average Bonchev–Trinajstić information content (AvgIpc) is 3.18. The van der Waals surface area contributed by atoms with Gasteiger partial charge in [-0.15, -0.1) is 0 Å². The number of nitrogens with zero attached hydrogens (tertiary/aromatic N) is 3. The molecule has 2 aromatic rings. The van der Waals surface area contributed by atoms with Crippen LogP contribution in [0.1, 0.15) is 44.1 Å². The number of rotatable bonds is 3. The third kappa shape index (κ3) is 2.58. The number of urea groups is 1. The van der Waals surface area contributed by atoms with Gasteiger partial charge < -0.3 is 9.84 Å². The predicted octanol–water partition coefficient (Wildman–Crippen LogP) is 3.05. The second-order valence-electron chi connectivity index (χ2n) is 7.27. The number of amides is 3. The smallest absolute Gasteiger partial charge is 0.325 e. The maximum Gasteiger partial charge on any atom is 0.325 e. The number of carbonyl (C=O) groups excluding carboxylic acids is 2. The second kappa shape index (κ2) is 6.23. The molecular weight excluding hydrogens is 332 g/mol. The van der Waals surface area contributed by atoms with Crippen molar-refractivity contribution in [2.75, 3.05) is 0 Å². The van der Waals surface area contributed by atoms with Crippen LogP contribution in [0.4, 0.5) is 4.79 Å². The van der Waals surface area contributed by atoms with Gasteiger partial charge in [0.05, 0.1) is 0 Å². The van der Waals surface area contributed by atoms with E-state index in [9.17, 15) is 9.59 Å². The summed E-state index contributed by atoms with van der Waals surface area (Å²) in [6.07, 6.45) is 3.67. The topological polar surface area (TPSA) is 88.3 Å². The van der Waals surface area contributed by atoms with E-state index in [4.69, 9.17) is 4.52 Å². The maximum atomic E-state index is 13.0. The molecule has 1 aliphatic heterocycles. The molecule has 1 saturated heterocycles. The molecule has 0 radical (unpaired) electrons. The van der Waals surface area contributed by atoms with Gasteiger partial charge in [0.1, 0.15) is 12.1 Å². The van der Waals surface area contributed by atoms with Gasteiger partial charge in [-0.2, -0.15) is 4.98 Å². The van der Waals surface area contributed by atoms with E-state index < -0.39 is 5.54 Å². The van der Waals surface area contributed by atoms with E-state index in [0.717, 1.165) is 30.4 Å². The first-order chi connectivity index (χ1) is 12.5. The molecule has 2 aliphatic rings. The summed E-state index contributed by atoms with van der Waals surface area (Å²) in [6.45, 7) is 4.00. The highest BCUT2D eigenvalue weighted by molar-refractivity contribution is 6.07. The molecule has 1 N–H and O–H groups in total. The molecule has 0 unspecified atom stereocenters. The van der Waals surface area contributed by atoms with Crippen LogP contribution in [0.2, 0.25) is 0 Å². The lowest BCUT2D eigenvalue weighted by Crippen LogP contribution is -2.53. The van der Waals surface area contributed by atoms with Gasteiger partial charge >= 0.3 is 6.03 Å². The third-order valence-electron chi connectivity index (χ3n) is 5.65. The monoisotopic (exact) mass is 354 g/mol. The second-order valence-corrected chi connectivity index (χ2v) is 7.27. The van der Waals surface area contributed by atoms with Gasteiger partial charge in [0.2, 0.25) is 11.7 Å². The molecule has 2 heterocycles. The highest BCUT2D eigenvalue weighted by Gasteiger charge is 2.55. The number of aryl methyl sites for hydroxylation is 1. The number of carbonyl (C=O) groups is 2. The highest BCUT2D eigenvalue weighted by atomic mass is 16.5. The van der Waals surface area contributed by atoms with Crippen LogP contribution in [0.25, 0.3) is 11.4 Å². The van der Waals surface area contributed by atoms with Gasteiger partial charge in [-0.1, -0.05) is 49.2 Å². The highest BCUT2D eigenvalue weighted by Crippen LogP contribution is 2.38. The molecule has 1 aliphatic carbocycles. The normalized spacial score (nSPS) is 25.8. The van der Waals surface area contributed by atoms with Crippen LogP contribution in [0.15, 0.2) is 28.8 Å². The minimum Gasteiger partial charge on any atom is -0.337 e. The number of imide groups is 1. The Morgan fingerprint density at radius 1 is 1.31 bits per heavy atom. The van der Waals surface area contributed by atoms with Crippen LogP contribution < -0.4 is 5.32 Å². The van der Waals surface area contributed by atoms with Crippen molar-refractivity contribution in [2.45, 2.75) is 51.6 Å². The predicted molar refractivity (Wildman–Crippen MR) is 93.9 cm³/mol. The molecule has 3 amide bonds. The molecule has 1 aromatic carbocycles. The maximum absolute atomic E-state index is 13.0. The van der Waals surface area contributed by atoms with Crippen molar-refractivity contribution in [3.05, 3.63) is 35.7 Å². The van der Waals surface area contributed by atoms with Gasteiger partial charge in [-0.25, -0.2) is 4.79 Å². The van der Waals surface area contributed by atoms with E-state index in [1.165, 1.54) is 4.90 Å². The van der Waals surface area contributed by atoms with Crippen molar-refractivity contribution in [1.29, 1.82) is 0 Å². The van der Waals surface area contributed by atoms with E-state index in [1.807, 2.05) is 38.1 Å². The van der Waals surface area contributed by atoms with Crippen molar-refractivity contribution in [3.63, 3.8) is 0 Å². The SMILES string of the molecule is Cc1ccccc1-c1noc(CN2C(=O)N[C@]3(CCCC[C@H]3C)C2=O)n1. The summed E-state index contributed by atoms with van der Waals surface area (Å²) in [5, 5.41) is 6.94. The summed E-state index contributed by atoms with van der Waals surface area (Å²) in [6, 6.07) is 7.36. The zero-order valence-electron chi connectivity index (χ0n) is 15.0. The number of nitrogens with one attached hydrogen (secondary N) is 1. The summed E-state index contributed by atoms with van der Waals surface area (Å²) in [5.41, 5.74) is 1.13. The van der Waals surface area contributed by atoms with Crippen molar-refractivity contribution < 1.29 is 14.1 Å². The quantitative estimate of drug-likeness (QED) is 0.856. The lowest BCUT2D eigenvalue weighted by Gasteiger charge is -2.36. The zero-order valence-corrected chi connectivity index (χ0v) is 15.0. The minimum absolute atomic E-state index is 0.00197. The summed E-state index contributed by atoms with van der Waals surface area (Å²) in [7, 11) is 0. The van der Waals surface area contributed by atoms with Crippen LogP contribution in [-0.4, -0.2) is 32.5 Å². The molecule has 26 heavy (non-hydrogen) atoms. The van der Waals surface area contributed by atoms with Crippen LogP contribution >= 0.6 is 0 Å². The van der Waals surface area contributed by atoms with E-state index in [1.54, 1.807) is 0 Å². The molecule has 2 fully saturated rings. The molecule has 1 aromatic heterocycles. The van der Waals surface area contributed by atoms with Gasteiger partial charge in [-0.05, 0) is 31.2 Å². The van der Waals surface area contributed by atoms with Gasteiger partial charge in [-0.3, -0.25) is 9.69 Å². The Bertz CT molecular complexity index is 862. The molecule has 0 bridgehead atoms. The Labute approximate surface area is 151 Å². The average molecular weight is 354 g/mol. The molecular formula is C19H22N4O3. The van der Waals surface area contributed by atoms with Crippen molar-refractivity contribution in [1.82, 2.24) is 20.4 Å². The fraction of sp³-hybridized carbons (Fsp3) is 0.474. The van der Waals surface area contributed by atoms with Gasteiger partial charge in [0, 0.05) is 5.56 Å². The molecule has 7 heteroatoms. The van der Waals surface area contributed by atoms with Gasteiger partial charge in [0.25, 0.3) is 5.91 Å². The first-order valence-corrected chi connectivity index (χ1v) is 9.04. The van der Waals surface area contributed by atoms with Crippen molar-refractivity contribution in [2.24, 2.45) is 5.92 Å². The Morgan fingerprint density at radius 3 is 2.88 bits per heavy atom. The molecule has 136 valence electrons.